The molecule has 1 N–H and O–H groups in total. The summed E-state index contributed by atoms with van der Waals surface area (Å²) in [7, 11) is 0. The van der Waals surface area contributed by atoms with E-state index in [9.17, 15) is 19.2 Å². The molecule has 0 spiro atoms. The summed E-state index contributed by atoms with van der Waals surface area (Å²) in [6, 6.07) is 7.30. The van der Waals surface area contributed by atoms with Crippen LogP contribution < -0.4 is 5.32 Å². The Bertz CT molecular complexity index is 882. The minimum absolute atomic E-state index is 0.0898. The van der Waals surface area contributed by atoms with Crippen LogP contribution in [0.25, 0.3) is 10.1 Å². The predicted molar refractivity (Wildman–Crippen MR) is 99.7 cm³/mol. The van der Waals surface area contributed by atoms with Crippen LogP contribution in [0.5, 0.6) is 0 Å². The Kier molecular flexibility index (Phi) is 5.80. The van der Waals surface area contributed by atoms with Gasteiger partial charge in [0.05, 0.1) is 10.8 Å². The fourth-order valence-corrected chi connectivity index (χ4v) is 4.45. The van der Waals surface area contributed by atoms with E-state index in [0.29, 0.717) is 5.02 Å². The second-order valence-electron chi connectivity index (χ2n) is 5.27. The Labute approximate surface area is 161 Å². The zero-order valence-corrected chi connectivity index (χ0v) is 15.7. The molecule has 3 amide bonds. The second-order valence-corrected chi connectivity index (χ2v) is 7.62. The van der Waals surface area contributed by atoms with E-state index in [-0.39, 0.29) is 34.9 Å². The summed E-state index contributed by atoms with van der Waals surface area (Å²) in [6.07, 6.45) is 0. The lowest BCUT2D eigenvalue weighted by Crippen LogP contribution is -2.38. The van der Waals surface area contributed by atoms with Gasteiger partial charge in [-0.25, -0.2) is 4.79 Å². The van der Waals surface area contributed by atoms with E-state index in [1.807, 2.05) is 18.2 Å². The number of hydrogen-bond acceptors (Lipinski definition) is 7. The SMILES string of the molecule is O=C(COC(=O)c1sc2ccccc2c1Cl)NCCN1C(=O)CSC1=O. The van der Waals surface area contributed by atoms with E-state index in [1.165, 1.54) is 11.3 Å². The summed E-state index contributed by atoms with van der Waals surface area (Å²) in [5.74, 6) is -1.35. The summed E-state index contributed by atoms with van der Waals surface area (Å²) in [4.78, 5) is 48.1. The monoisotopic (exact) mass is 412 g/mol. The van der Waals surface area contributed by atoms with Crippen LogP contribution in [0.1, 0.15) is 9.67 Å². The van der Waals surface area contributed by atoms with Crippen molar-refractivity contribution in [1.82, 2.24) is 10.2 Å². The Morgan fingerprint density at radius 1 is 1.27 bits per heavy atom. The number of thiophene rings is 1. The van der Waals surface area contributed by atoms with E-state index in [1.54, 1.807) is 6.07 Å². The highest BCUT2D eigenvalue weighted by Gasteiger charge is 2.29. The lowest BCUT2D eigenvalue weighted by molar-refractivity contribution is -0.126. The van der Waals surface area contributed by atoms with Gasteiger partial charge in [0.15, 0.2) is 6.61 Å². The number of nitrogens with one attached hydrogen (secondary N) is 1. The van der Waals surface area contributed by atoms with Gasteiger partial charge >= 0.3 is 5.97 Å². The molecule has 1 aliphatic rings. The smallest absolute Gasteiger partial charge is 0.350 e. The van der Waals surface area contributed by atoms with Crippen LogP contribution in [0.3, 0.4) is 0 Å². The third-order valence-electron chi connectivity index (χ3n) is 3.55. The maximum atomic E-state index is 12.1. The first-order valence-corrected chi connectivity index (χ1v) is 9.73. The van der Waals surface area contributed by atoms with E-state index in [0.717, 1.165) is 26.7 Å². The summed E-state index contributed by atoms with van der Waals surface area (Å²) in [5.41, 5.74) is 0. The van der Waals surface area contributed by atoms with Crippen molar-refractivity contribution in [2.75, 3.05) is 25.4 Å². The van der Waals surface area contributed by atoms with Gasteiger partial charge in [0.1, 0.15) is 4.88 Å². The number of ether oxygens (including phenoxy) is 1. The van der Waals surface area contributed by atoms with Gasteiger partial charge in [-0.15, -0.1) is 11.3 Å². The Hall–Kier alpha value is -2.10. The van der Waals surface area contributed by atoms with Gasteiger partial charge in [-0.1, -0.05) is 41.6 Å². The average Bonchev–Trinajstić information content (AvgIpc) is 3.14. The molecule has 0 aliphatic carbocycles. The quantitative estimate of drug-likeness (QED) is 0.733. The van der Waals surface area contributed by atoms with E-state index in [2.05, 4.69) is 5.32 Å². The summed E-state index contributed by atoms with van der Waals surface area (Å²) in [5, 5.41) is 3.24. The number of carbonyl (C=O) groups excluding carboxylic acids is 4. The number of halogens is 1. The highest BCUT2D eigenvalue weighted by Crippen LogP contribution is 2.35. The lowest BCUT2D eigenvalue weighted by atomic mass is 10.2. The van der Waals surface area contributed by atoms with E-state index in [4.69, 9.17) is 16.3 Å². The fourth-order valence-electron chi connectivity index (χ4n) is 2.30. The molecule has 10 heteroatoms. The minimum atomic E-state index is -0.673. The summed E-state index contributed by atoms with van der Waals surface area (Å²) < 4.78 is 5.84. The third-order valence-corrected chi connectivity index (χ3v) is 6.07. The van der Waals surface area contributed by atoms with Gasteiger partial charge in [-0.05, 0) is 6.07 Å². The molecular weight excluding hydrogens is 400 g/mol. The largest absolute Gasteiger partial charge is 0.451 e. The molecule has 136 valence electrons. The zero-order valence-electron chi connectivity index (χ0n) is 13.3. The molecule has 0 saturated carbocycles. The average molecular weight is 413 g/mol. The number of carbonyl (C=O) groups is 4. The minimum Gasteiger partial charge on any atom is -0.451 e. The predicted octanol–water partition coefficient (Wildman–Crippen LogP) is 2.52. The number of esters is 1. The van der Waals surface area contributed by atoms with Crippen molar-refractivity contribution in [3.8, 4) is 0 Å². The van der Waals surface area contributed by atoms with Crippen LogP contribution >= 0.6 is 34.7 Å². The van der Waals surface area contributed by atoms with Crippen molar-refractivity contribution >= 4 is 67.8 Å². The van der Waals surface area contributed by atoms with Crippen molar-refractivity contribution in [2.45, 2.75) is 0 Å². The van der Waals surface area contributed by atoms with Crippen molar-refractivity contribution in [2.24, 2.45) is 0 Å². The molecule has 0 atom stereocenters. The molecule has 26 heavy (non-hydrogen) atoms. The molecule has 2 heterocycles. The molecule has 0 unspecified atom stereocenters. The van der Waals surface area contributed by atoms with Crippen LogP contribution in [-0.4, -0.2) is 53.4 Å². The maximum Gasteiger partial charge on any atom is 0.350 e. The first-order chi connectivity index (χ1) is 12.5. The zero-order chi connectivity index (χ0) is 18.7. The molecular formula is C16H13ClN2O5S2. The highest BCUT2D eigenvalue weighted by molar-refractivity contribution is 8.14. The van der Waals surface area contributed by atoms with Crippen LogP contribution in [0.4, 0.5) is 4.79 Å². The lowest BCUT2D eigenvalue weighted by Gasteiger charge is -2.13. The van der Waals surface area contributed by atoms with Crippen molar-refractivity contribution in [3.05, 3.63) is 34.2 Å². The van der Waals surface area contributed by atoms with Crippen molar-refractivity contribution in [3.63, 3.8) is 0 Å². The Balaban J connectivity index is 1.48. The maximum absolute atomic E-state index is 12.1. The van der Waals surface area contributed by atoms with Gasteiger partial charge in [0.2, 0.25) is 5.91 Å². The Morgan fingerprint density at radius 2 is 2.04 bits per heavy atom. The normalized spacial score (nSPS) is 14.1. The van der Waals surface area contributed by atoms with E-state index < -0.39 is 18.5 Å². The number of nitrogens with zero attached hydrogens (tertiary/aromatic N) is 1. The number of benzene rings is 1. The van der Waals surface area contributed by atoms with Crippen molar-refractivity contribution in [1.29, 1.82) is 0 Å². The van der Waals surface area contributed by atoms with Gasteiger partial charge in [-0.2, -0.15) is 0 Å². The number of thioether (sulfide) groups is 1. The molecule has 0 radical (unpaired) electrons. The van der Waals surface area contributed by atoms with Crippen LogP contribution in [0.2, 0.25) is 5.02 Å². The van der Waals surface area contributed by atoms with Gasteiger partial charge in [0, 0.05) is 23.2 Å². The summed E-state index contributed by atoms with van der Waals surface area (Å²) >= 11 is 8.32. The van der Waals surface area contributed by atoms with Crippen LogP contribution in [0, 0.1) is 0 Å². The molecule has 1 saturated heterocycles. The first-order valence-electron chi connectivity index (χ1n) is 7.55. The molecule has 0 bridgehead atoms. The van der Waals surface area contributed by atoms with Crippen molar-refractivity contribution < 1.29 is 23.9 Å². The second kappa shape index (κ2) is 8.07. The Morgan fingerprint density at radius 3 is 2.73 bits per heavy atom. The first kappa shape index (κ1) is 18.7. The molecule has 2 aromatic rings. The van der Waals surface area contributed by atoms with Crippen LogP contribution in [-0.2, 0) is 14.3 Å². The number of imide groups is 1. The third kappa shape index (κ3) is 4.00. The highest BCUT2D eigenvalue weighted by atomic mass is 35.5. The molecule has 1 aliphatic heterocycles. The van der Waals surface area contributed by atoms with Gasteiger partial charge in [-0.3, -0.25) is 19.3 Å². The van der Waals surface area contributed by atoms with Crippen LogP contribution in [0.15, 0.2) is 24.3 Å². The number of rotatable bonds is 6. The molecule has 3 rings (SSSR count). The van der Waals surface area contributed by atoms with E-state index >= 15 is 0 Å². The summed E-state index contributed by atoms with van der Waals surface area (Å²) in [6.45, 7) is -0.287. The number of hydrogen-bond donors (Lipinski definition) is 1. The number of amides is 3. The van der Waals surface area contributed by atoms with Gasteiger partial charge in [0.25, 0.3) is 11.1 Å². The molecule has 1 fully saturated rings. The molecule has 1 aromatic heterocycles. The number of fused-ring (bicyclic) bond motifs is 1. The fraction of sp³-hybridized carbons (Fsp3) is 0.250. The topological polar surface area (TPSA) is 92.8 Å². The molecule has 7 nitrogen and oxygen atoms in total. The standard InChI is InChI=1S/C16H13ClN2O5S2/c17-13-9-3-1-2-4-10(9)26-14(13)15(22)24-7-11(20)18-5-6-19-12(21)8-25-16(19)23/h1-4H,5-8H2,(H,18,20). The van der Waals surface area contributed by atoms with Gasteiger partial charge < -0.3 is 10.1 Å². The molecule has 1 aromatic carbocycles.